The Kier molecular flexibility index (Phi) is 7.07. The van der Waals surface area contributed by atoms with Crippen LogP contribution in [0, 0.1) is 5.92 Å². The highest BCUT2D eigenvalue weighted by Gasteiger charge is 2.10. The molecule has 17 heavy (non-hydrogen) atoms. The van der Waals surface area contributed by atoms with Crippen LogP contribution in [0.5, 0.6) is 0 Å². The SMILES string of the molecule is CCCCCCC1C/C=C\N(C)CC/C=C\1C. The number of hydrogen-bond acceptors (Lipinski definition) is 1. The minimum atomic E-state index is 0.787. The van der Waals surface area contributed by atoms with Gasteiger partial charge in [-0.2, -0.15) is 0 Å². The first-order valence-corrected chi connectivity index (χ1v) is 7.27. The Morgan fingerprint density at radius 3 is 2.88 bits per heavy atom. The van der Waals surface area contributed by atoms with E-state index in [2.05, 4.69) is 44.1 Å². The lowest BCUT2D eigenvalue weighted by atomic mass is 9.90. The summed E-state index contributed by atoms with van der Waals surface area (Å²) < 4.78 is 0. The van der Waals surface area contributed by atoms with Gasteiger partial charge < -0.3 is 4.90 Å². The molecule has 1 aliphatic heterocycles. The van der Waals surface area contributed by atoms with E-state index in [-0.39, 0.29) is 0 Å². The third kappa shape index (κ3) is 5.95. The molecule has 1 unspecified atom stereocenters. The van der Waals surface area contributed by atoms with Gasteiger partial charge in [0.2, 0.25) is 0 Å². The summed E-state index contributed by atoms with van der Waals surface area (Å²) in [5, 5.41) is 0. The molecule has 0 fully saturated rings. The highest BCUT2D eigenvalue weighted by molar-refractivity contribution is 5.07. The monoisotopic (exact) mass is 235 g/mol. The van der Waals surface area contributed by atoms with Crippen LogP contribution in [0.25, 0.3) is 0 Å². The molecule has 0 bridgehead atoms. The van der Waals surface area contributed by atoms with Crippen molar-refractivity contribution < 1.29 is 0 Å². The normalized spacial score (nSPS) is 26.6. The summed E-state index contributed by atoms with van der Waals surface area (Å²) in [6.07, 6.45) is 16.4. The highest BCUT2D eigenvalue weighted by atomic mass is 15.1. The van der Waals surface area contributed by atoms with Crippen LogP contribution in [-0.4, -0.2) is 18.5 Å². The zero-order valence-corrected chi connectivity index (χ0v) is 11.9. The molecular formula is C16H29N. The van der Waals surface area contributed by atoms with E-state index in [1.165, 1.54) is 44.9 Å². The fraction of sp³-hybridized carbons (Fsp3) is 0.750. The molecule has 0 aromatic carbocycles. The topological polar surface area (TPSA) is 3.24 Å². The number of allylic oxidation sites excluding steroid dienone is 2. The van der Waals surface area contributed by atoms with Crippen molar-refractivity contribution in [3.63, 3.8) is 0 Å². The van der Waals surface area contributed by atoms with Gasteiger partial charge in [0.25, 0.3) is 0 Å². The largest absolute Gasteiger partial charge is 0.380 e. The van der Waals surface area contributed by atoms with Crippen LogP contribution in [0.3, 0.4) is 0 Å². The second-order valence-electron chi connectivity index (χ2n) is 5.38. The third-order valence-electron chi connectivity index (χ3n) is 3.78. The van der Waals surface area contributed by atoms with Crippen LogP contribution in [-0.2, 0) is 0 Å². The van der Waals surface area contributed by atoms with E-state index in [1.807, 2.05) is 0 Å². The van der Waals surface area contributed by atoms with Crippen LogP contribution in [0.15, 0.2) is 23.9 Å². The fourth-order valence-corrected chi connectivity index (χ4v) is 2.49. The molecule has 0 aromatic rings. The standard InChI is InChI=1S/C16H29N/c1-4-5-6-7-11-16-12-9-14-17(3)13-8-10-15(16)2/h9-10,14,16H,4-8,11-13H2,1-3H3/b14-9-,15-10-. The number of nitrogens with zero attached hydrogens (tertiary/aromatic N) is 1. The zero-order chi connectivity index (χ0) is 12.5. The Labute approximate surface area is 108 Å². The molecule has 0 radical (unpaired) electrons. The first kappa shape index (κ1) is 14.3. The Hall–Kier alpha value is -0.720. The number of hydrogen-bond donors (Lipinski definition) is 0. The van der Waals surface area contributed by atoms with Crippen molar-refractivity contribution in [2.75, 3.05) is 13.6 Å². The lowest BCUT2D eigenvalue weighted by molar-refractivity contribution is 0.463. The molecule has 0 N–H and O–H groups in total. The lowest BCUT2D eigenvalue weighted by Crippen LogP contribution is -2.10. The van der Waals surface area contributed by atoms with Gasteiger partial charge in [0.1, 0.15) is 0 Å². The first-order chi connectivity index (χ1) is 8.24. The van der Waals surface area contributed by atoms with Gasteiger partial charge in [-0.15, -0.1) is 0 Å². The Bertz CT molecular complexity index is 252. The second kappa shape index (κ2) is 8.38. The molecule has 0 amide bonds. The minimum Gasteiger partial charge on any atom is -0.380 e. The van der Waals surface area contributed by atoms with E-state index in [0.717, 1.165) is 12.5 Å². The molecule has 1 heterocycles. The van der Waals surface area contributed by atoms with Gasteiger partial charge in [-0.3, -0.25) is 0 Å². The van der Waals surface area contributed by atoms with Crippen molar-refractivity contribution in [3.8, 4) is 0 Å². The third-order valence-corrected chi connectivity index (χ3v) is 3.78. The predicted molar refractivity (Wildman–Crippen MR) is 77.0 cm³/mol. The van der Waals surface area contributed by atoms with Gasteiger partial charge in [-0.05, 0) is 38.3 Å². The molecule has 1 nitrogen and oxygen atoms in total. The van der Waals surface area contributed by atoms with Crippen molar-refractivity contribution in [2.24, 2.45) is 5.92 Å². The summed E-state index contributed by atoms with van der Waals surface area (Å²) >= 11 is 0. The summed E-state index contributed by atoms with van der Waals surface area (Å²) in [5.74, 6) is 0.787. The molecule has 1 heteroatoms. The quantitative estimate of drug-likeness (QED) is 0.490. The predicted octanol–water partition coefficient (Wildman–Crippen LogP) is 4.76. The van der Waals surface area contributed by atoms with Crippen molar-refractivity contribution in [3.05, 3.63) is 23.9 Å². The van der Waals surface area contributed by atoms with Crippen LogP contribution in [0.1, 0.15) is 58.8 Å². The number of rotatable bonds is 5. The average molecular weight is 235 g/mol. The first-order valence-electron chi connectivity index (χ1n) is 7.27. The van der Waals surface area contributed by atoms with Gasteiger partial charge in [0.05, 0.1) is 0 Å². The average Bonchev–Trinajstić information content (AvgIpc) is 2.38. The summed E-state index contributed by atoms with van der Waals surface area (Å²) in [6.45, 7) is 5.75. The molecular weight excluding hydrogens is 206 g/mol. The Balaban J connectivity index is 2.43. The molecule has 0 aliphatic carbocycles. The zero-order valence-electron chi connectivity index (χ0n) is 11.9. The Morgan fingerprint density at radius 2 is 2.12 bits per heavy atom. The van der Waals surface area contributed by atoms with E-state index < -0.39 is 0 Å². The van der Waals surface area contributed by atoms with E-state index in [0.29, 0.717) is 0 Å². The lowest BCUT2D eigenvalue weighted by Gasteiger charge is -2.15. The molecule has 1 rings (SSSR count). The highest BCUT2D eigenvalue weighted by Crippen LogP contribution is 2.24. The summed E-state index contributed by atoms with van der Waals surface area (Å²) in [4.78, 5) is 2.29. The van der Waals surface area contributed by atoms with Gasteiger partial charge in [-0.1, -0.05) is 50.3 Å². The van der Waals surface area contributed by atoms with Gasteiger partial charge >= 0.3 is 0 Å². The number of unbranched alkanes of at least 4 members (excludes halogenated alkanes) is 3. The maximum absolute atomic E-state index is 2.45. The smallest absolute Gasteiger partial charge is 0.0203 e. The maximum Gasteiger partial charge on any atom is 0.0203 e. The van der Waals surface area contributed by atoms with Crippen LogP contribution < -0.4 is 0 Å². The molecule has 0 aromatic heterocycles. The summed E-state index contributed by atoms with van der Waals surface area (Å²) in [6, 6.07) is 0. The molecule has 0 saturated heterocycles. The fourth-order valence-electron chi connectivity index (χ4n) is 2.49. The molecule has 0 saturated carbocycles. The molecule has 0 spiro atoms. The summed E-state index contributed by atoms with van der Waals surface area (Å²) in [5.41, 5.74) is 1.61. The van der Waals surface area contributed by atoms with E-state index in [1.54, 1.807) is 5.57 Å². The Morgan fingerprint density at radius 1 is 1.29 bits per heavy atom. The second-order valence-corrected chi connectivity index (χ2v) is 5.38. The molecule has 1 atom stereocenters. The van der Waals surface area contributed by atoms with Crippen molar-refractivity contribution in [2.45, 2.75) is 58.8 Å². The van der Waals surface area contributed by atoms with Crippen molar-refractivity contribution in [1.82, 2.24) is 4.90 Å². The van der Waals surface area contributed by atoms with Crippen LogP contribution in [0.2, 0.25) is 0 Å². The van der Waals surface area contributed by atoms with E-state index >= 15 is 0 Å². The molecule has 1 aliphatic rings. The van der Waals surface area contributed by atoms with E-state index in [4.69, 9.17) is 0 Å². The van der Waals surface area contributed by atoms with Gasteiger partial charge in [0.15, 0.2) is 0 Å². The van der Waals surface area contributed by atoms with Crippen molar-refractivity contribution in [1.29, 1.82) is 0 Å². The maximum atomic E-state index is 2.45. The molecule has 98 valence electrons. The van der Waals surface area contributed by atoms with E-state index in [9.17, 15) is 0 Å². The minimum absolute atomic E-state index is 0.787. The van der Waals surface area contributed by atoms with Crippen LogP contribution >= 0.6 is 0 Å². The summed E-state index contributed by atoms with van der Waals surface area (Å²) in [7, 11) is 2.17. The van der Waals surface area contributed by atoms with Gasteiger partial charge in [0, 0.05) is 13.6 Å². The van der Waals surface area contributed by atoms with Crippen LogP contribution in [0.4, 0.5) is 0 Å². The van der Waals surface area contributed by atoms with Crippen molar-refractivity contribution >= 4 is 0 Å². The van der Waals surface area contributed by atoms with Gasteiger partial charge in [-0.25, -0.2) is 0 Å².